The first-order chi connectivity index (χ1) is 11.0. The molecule has 2 aromatic rings. The lowest BCUT2D eigenvalue weighted by Gasteiger charge is -2.18. The van der Waals surface area contributed by atoms with E-state index in [2.05, 4.69) is 10.3 Å². The van der Waals surface area contributed by atoms with Gasteiger partial charge in [-0.1, -0.05) is 0 Å². The minimum atomic E-state index is -0.444. The van der Waals surface area contributed by atoms with Crippen LogP contribution in [0.3, 0.4) is 0 Å². The van der Waals surface area contributed by atoms with E-state index < -0.39 is 5.69 Å². The van der Waals surface area contributed by atoms with Crippen LogP contribution >= 0.6 is 0 Å². The number of aromatic amines is 1. The molecule has 1 saturated heterocycles. The fourth-order valence-electron chi connectivity index (χ4n) is 2.67. The van der Waals surface area contributed by atoms with E-state index in [1.807, 2.05) is 4.90 Å². The summed E-state index contributed by atoms with van der Waals surface area (Å²) in [6, 6.07) is 3.14. The van der Waals surface area contributed by atoms with E-state index in [1.54, 1.807) is 12.3 Å². The fraction of sp³-hybridized carbons (Fsp3) is 0.400. The molecular formula is C15H18N4O4. The summed E-state index contributed by atoms with van der Waals surface area (Å²) in [5, 5.41) is 2.96. The molecule has 3 rings (SSSR count). The number of hydrogen-bond acceptors (Lipinski definition) is 5. The zero-order valence-corrected chi connectivity index (χ0v) is 12.7. The van der Waals surface area contributed by atoms with E-state index in [0.29, 0.717) is 18.9 Å². The van der Waals surface area contributed by atoms with E-state index in [4.69, 9.17) is 4.42 Å². The summed E-state index contributed by atoms with van der Waals surface area (Å²) in [5.41, 5.74) is 0.0318. The molecule has 1 fully saturated rings. The van der Waals surface area contributed by atoms with Crippen molar-refractivity contribution in [3.8, 4) is 0 Å². The third-order valence-corrected chi connectivity index (χ3v) is 3.97. The van der Waals surface area contributed by atoms with Crippen LogP contribution in [0.2, 0.25) is 0 Å². The van der Waals surface area contributed by atoms with Crippen molar-refractivity contribution in [3.05, 3.63) is 51.1 Å². The Labute approximate surface area is 131 Å². The minimum absolute atomic E-state index is 0.0121. The Morgan fingerprint density at radius 2 is 2.30 bits per heavy atom. The monoisotopic (exact) mass is 318 g/mol. The van der Waals surface area contributed by atoms with Crippen LogP contribution in [0.15, 0.2) is 38.7 Å². The predicted molar refractivity (Wildman–Crippen MR) is 83.5 cm³/mol. The highest BCUT2D eigenvalue weighted by Gasteiger charge is 2.25. The summed E-state index contributed by atoms with van der Waals surface area (Å²) in [5.74, 6) is 0.417. The number of nitrogens with one attached hydrogen (secondary N) is 2. The molecule has 1 aliphatic heterocycles. The first kappa shape index (κ1) is 15.1. The Morgan fingerprint density at radius 3 is 3.00 bits per heavy atom. The van der Waals surface area contributed by atoms with Gasteiger partial charge in [0.05, 0.1) is 18.9 Å². The van der Waals surface area contributed by atoms with Crippen LogP contribution in [0.4, 0.5) is 5.82 Å². The molecule has 1 atom stereocenters. The second-order valence-electron chi connectivity index (χ2n) is 5.66. The van der Waals surface area contributed by atoms with Gasteiger partial charge in [-0.25, -0.2) is 4.79 Å². The lowest BCUT2D eigenvalue weighted by atomic mass is 10.2. The molecule has 1 unspecified atom stereocenters. The molecule has 0 aromatic carbocycles. The first-order valence-electron chi connectivity index (χ1n) is 7.38. The number of furan rings is 1. The largest absolute Gasteiger partial charge is 0.472 e. The van der Waals surface area contributed by atoms with Crippen LogP contribution in [0.5, 0.6) is 0 Å². The molecule has 0 radical (unpaired) electrons. The van der Waals surface area contributed by atoms with Crippen LogP contribution in [0, 0.1) is 0 Å². The Bertz CT molecular complexity index is 774. The summed E-state index contributed by atoms with van der Waals surface area (Å²) in [4.78, 5) is 39.9. The fourth-order valence-corrected chi connectivity index (χ4v) is 2.67. The van der Waals surface area contributed by atoms with Gasteiger partial charge in [0.2, 0.25) is 5.91 Å². The van der Waals surface area contributed by atoms with E-state index in [1.165, 1.54) is 19.4 Å². The highest BCUT2D eigenvalue weighted by atomic mass is 16.3. The molecule has 23 heavy (non-hydrogen) atoms. The summed E-state index contributed by atoms with van der Waals surface area (Å²) in [6.07, 6.45) is 4.11. The Hall–Kier alpha value is -2.77. The molecule has 2 aromatic heterocycles. The van der Waals surface area contributed by atoms with Crippen molar-refractivity contribution in [1.29, 1.82) is 0 Å². The minimum Gasteiger partial charge on any atom is -0.472 e. The summed E-state index contributed by atoms with van der Waals surface area (Å²) in [7, 11) is 1.42. The summed E-state index contributed by atoms with van der Waals surface area (Å²) < 4.78 is 5.96. The molecule has 3 heterocycles. The van der Waals surface area contributed by atoms with Gasteiger partial charge in [-0.3, -0.25) is 19.1 Å². The number of carbonyl (C=O) groups is 1. The number of carbonyl (C=O) groups excluding carboxylic acids is 1. The molecule has 1 amide bonds. The van der Waals surface area contributed by atoms with Gasteiger partial charge in [0, 0.05) is 32.2 Å². The van der Waals surface area contributed by atoms with Crippen LogP contribution in [-0.2, 0) is 18.3 Å². The quantitative estimate of drug-likeness (QED) is 0.799. The molecule has 122 valence electrons. The van der Waals surface area contributed by atoms with Gasteiger partial charge in [0.25, 0.3) is 5.56 Å². The van der Waals surface area contributed by atoms with E-state index >= 15 is 0 Å². The Kier molecular flexibility index (Phi) is 4.05. The van der Waals surface area contributed by atoms with E-state index in [-0.39, 0.29) is 23.9 Å². The molecule has 8 nitrogen and oxygen atoms in total. The number of amides is 1. The van der Waals surface area contributed by atoms with Crippen molar-refractivity contribution >= 4 is 11.7 Å². The van der Waals surface area contributed by atoms with Gasteiger partial charge in [0.1, 0.15) is 5.82 Å². The van der Waals surface area contributed by atoms with Crippen molar-refractivity contribution < 1.29 is 9.21 Å². The molecular weight excluding hydrogens is 300 g/mol. The summed E-state index contributed by atoms with van der Waals surface area (Å²) in [6.45, 7) is 1.22. The molecule has 0 bridgehead atoms. The van der Waals surface area contributed by atoms with Crippen LogP contribution in [0.1, 0.15) is 12.0 Å². The first-order valence-corrected chi connectivity index (χ1v) is 7.38. The molecule has 8 heteroatoms. The van der Waals surface area contributed by atoms with Gasteiger partial charge in [-0.05, 0) is 18.1 Å². The van der Waals surface area contributed by atoms with Gasteiger partial charge < -0.3 is 14.6 Å². The zero-order valence-electron chi connectivity index (χ0n) is 12.7. The van der Waals surface area contributed by atoms with E-state index in [9.17, 15) is 14.4 Å². The van der Waals surface area contributed by atoms with Crippen LogP contribution < -0.4 is 21.5 Å². The number of rotatable bonds is 4. The van der Waals surface area contributed by atoms with Crippen molar-refractivity contribution in [3.63, 3.8) is 0 Å². The average Bonchev–Trinajstić information content (AvgIpc) is 3.16. The third-order valence-electron chi connectivity index (χ3n) is 3.97. The maximum absolute atomic E-state index is 12.0. The smallest absolute Gasteiger partial charge is 0.329 e. The van der Waals surface area contributed by atoms with Crippen LogP contribution in [0.25, 0.3) is 0 Å². The topological polar surface area (TPSA) is 100 Å². The lowest BCUT2D eigenvalue weighted by Crippen LogP contribution is -2.39. The Balaban J connectivity index is 1.61. The Morgan fingerprint density at radius 1 is 1.48 bits per heavy atom. The number of H-pyrrole nitrogens is 1. The maximum Gasteiger partial charge on any atom is 0.329 e. The van der Waals surface area contributed by atoms with Gasteiger partial charge in [0.15, 0.2) is 0 Å². The normalized spacial score (nSPS) is 17.4. The maximum atomic E-state index is 12.0. The SMILES string of the molecule is Cn1c(=O)cc(N2CCC(NC(=O)Cc3ccoc3)C2)[nH]c1=O. The number of nitrogens with zero attached hydrogens (tertiary/aromatic N) is 2. The molecule has 2 N–H and O–H groups in total. The molecule has 0 spiro atoms. The lowest BCUT2D eigenvalue weighted by molar-refractivity contribution is -0.121. The highest BCUT2D eigenvalue weighted by molar-refractivity contribution is 5.78. The summed E-state index contributed by atoms with van der Waals surface area (Å²) >= 11 is 0. The highest BCUT2D eigenvalue weighted by Crippen LogP contribution is 2.15. The van der Waals surface area contributed by atoms with E-state index in [0.717, 1.165) is 16.6 Å². The van der Waals surface area contributed by atoms with Crippen LogP contribution in [-0.4, -0.2) is 34.6 Å². The zero-order chi connectivity index (χ0) is 16.4. The van der Waals surface area contributed by atoms with Gasteiger partial charge in [-0.2, -0.15) is 0 Å². The second kappa shape index (κ2) is 6.15. The van der Waals surface area contributed by atoms with Crippen molar-refractivity contribution in [2.45, 2.75) is 18.9 Å². The second-order valence-corrected chi connectivity index (χ2v) is 5.66. The van der Waals surface area contributed by atoms with Crippen molar-refractivity contribution in [1.82, 2.24) is 14.9 Å². The van der Waals surface area contributed by atoms with Gasteiger partial charge >= 0.3 is 5.69 Å². The van der Waals surface area contributed by atoms with Crippen molar-refractivity contribution in [2.75, 3.05) is 18.0 Å². The standard InChI is InChI=1S/C15H18N4O4/c1-18-14(21)7-12(17-15(18)22)19-4-2-11(8-19)16-13(20)6-10-3-5-23-9-10/h3,5,7,9,11H,2,4,6,8H2,1H3,(H,16,20)(H,17,22). The predicted octanol–water partition coefficient (Wildman–Crippen LogP) is -0.396. The molecule has 0 aliphatic carbocycles. The molecule has 0 saturated carbocycles. The van der Waals surface area contributed by atoms with Crippen molar-refractivity contribution in [2.24, 2.45) is 7.05 Å². The average molecular weight is 318 g/mol. The third kappa shape index (κ3) is 3.36. The number of aromatic nitrogens is 2. The molecule has 1 aliphatic rings. The van der Waals surface area contributed by atoms with Gasteiger partial charge in [-0.15, -0.1) is 0 Å². The number of anilines is 1. The number of hydrogen-bond donors (Lipinski definition) is 2.